The number of hydrogen-bond donors (Lipinski definition) is 1. The topological polar surface area (TPSA) is 30.5 Å². The van der Waals surface area contributed by atoms with Gasteiger partial charge in [-0.3, -0.25) is 0 Å². The molecule has 1 aromatic carbocycles. The van der Waals surface area contributed by atoms with Crippen molar-refractivity contribution in [2.45, 2.75) is 45.3 Å². The highest BCUT2D eigenvalue weighted by atomic mass is 79.9. The van der Waals surface area contributed by atoms with E-state index in [9.17, 15) is 0 Å². The van der Waals surface area contributed by atoms with Gasteiger partial charge in [0.1, 0.15) is 11.9 Å². The van der Waals surface area contributed by atoms with E-state index in [-0.39, 0.29) is 6.10 Å². The van der Waals surface area contributed by atoms with Crippen LogP contribution in [-0.2, 0) is 4.74 Å². The van der Waals surface area contributed by atoms with E-state index in [0.29, 0.717) is 6.04 Å². The van der Waals surface area contributed by atoms with Crippen molar-refractivity contribution >= 4 is 15.9 Å². The van der Waals surface area contributed by atoms with Crippen LogP contribution in [0.5, 0.6) is 5.75 Å². The van der Waals surface area contributed by atoms with Gasteiger partial charge in [-0.05, 0) is 32.0 Å². The van der Waals surface area contributed by atoms with Gasteiger partial charge in [0.05, 0.1) is 13.2 Å². The lowest BCUT2D eigenvalue weighted by Gasteiger charge is -2.26. The highest BCUT2D eigenvalue weighted by molar-refractivity contribution is 9.10. The minimum atomic E-state index is 0.273. The maximum Gasteiger partial charge on any atom is 0.125 e. The van der Waals surface area contributed by atoms with E-state index in [1.54, 1.807) is 0 Å². The predicted molar refractivity (Wildman–Crippen MR) is 85.3 cm³/mol. The second kappa shape index (κ2) is 8.01. The Bertz CT molecular complexity index is 419. The summed E-state index contributed by atoms with van der Waals surface area (Å²) in [5, 5.41) is 3.53. The fraction of sp³-hybridized carbons (Fsp3) is 0.625. The Morgan fingerprint density at radius 3 is 2.85 bits per heavy atom. The molecule has 0 aliphatic carbocycles. The molecular weight excluding hydrogens is 318 g/mol. The maximum atomic E-state index is 6.22. The summed E-state index contributed by atoms with van der Waals surface area (Å²) < 4.78 is 12.7. The molecule has 1 atom stereocenters. The van der Waals surface area contributed by atoms with Crippen LogP contribution in [-0.4, -0.2) is 25.9 Å². The van der Waals surface area contributed by atoms with Crippen molar-refractivity contribution in [3.63, 3.8) is 0 Å². The summed E-state index contributed by atoms with van der Waals surface area (Å²) in [4.78, 5) is 0. The Balaban J connectivity index is 2.10. The summed E-state index contributed by atoms with van der Waals surface area (Å²) in [5.74, 6) is 0.988. The molecule has 1 N–H and O–H groups in total. The lowest BCUT2D eigenvalue weighted by Crippen LogP contribution is -2.27. The van der Waals surface area contributed by atoms with Crippen LogP contribution in [0.4, 0.5) is 0 Å². The zero-order chi connectivity index (χ0) is 14.4. The summed E-state index contributed by atoms with van der Waals surface area (Å²) in [7, 11) is 0. The SMILES string of the molecule is CCCNC(C)c1ccc(Br)cc1OC1CCOCC1. The molecule has 1 aliphatic heterocycles. The molecule has 0 aromatic heterocycles. The van der Waals surface area contributed by atoms with Gasteiger partial charge in [0.2, 0.25) is 0 Å². The van der Waals surface area contributed by atoms with Crippen LogP contribution >= 0.6 is 15.9 Å². The van der Waals surface area contributed by atoms with Crippen LogP contribution in [0.3, 0.4) is 0 Å². The Morgan fingerprint density at radius 2 is 2.15 bits per heavy atom. The van der Waals surface area contributed by atoms with E-state index in [1.807, 2.05) is 0 Å². The molecule has 112 valence electrons. The Hall–Kier alpha value is -0.580. The van der Waals surface area contributed by atoms with E-state index >= 15 is 0 Å². The molecular formula is C16H24BrNO2. The molecule has 1 aromatic rings. The predicted octanol–water partition coefficient (Wildman–Crippen LogP) is 4.07. The average Bonchev–Trinajstić information content (AvgIpc) is 2.46. The van der Waals surface area contributed by atoms with Gasteiger partial charge >= 0.3 is 0 Å². The quantitative estimate of drug-likeness (QED) is 0.845. The standard InChI is InChI=1S/C16H24BrNO2/c1-3-8-18-12(2)15-5-4-13(17)11-16(15)20-14-6-9-19-10-7-14/h4-5,11-12,14,18H,3,6-10H2,1-2H3. The first-order valence-electron chi connectivity index (χ1n) is 7.48. The normalized spacial score (nSPS) is 17.9. The van der Waals surface area contributed by atoms with Crippen molar-refractivity contribution in [2.24, 2.45) is 0 Å². The second-order valence-corrected chi connectivity index (χ2v) is 6.20. The Morgan fingerprint density at radius 1 is 1.40 bits per heavy atom. The molecule has 0 bridgehead atoms. The van der Waals surface area contributed by atoms with Gasteiger partial charge in [-0.1, -0.05) is 28.9 Å². The first-order valence-corrected chi connectivity index (χ1v) is 8.27. The lowest BCUT2D eigenvalue weighted by molar-refractivity contribution is 0.0250. The van der Waals surface area contributed by atoms with Gasteiger partial charge < -0.3 is 14.8 Å². The van der Waals surface area contributed by atoms with Crippen molar-refractivity contribution in [3.05, 3.63) is 28.2 Å². The number of benzene rings is 1. The molecule has 1 heterocycles. The van der Waals surface area contributed by atoms with Gasteiger partial charge in [0.25, 0.3) is 0 Å². The van der Waals surface area contributed by atoms with E-state index < -0.39 is 0 Å². The zero-order valence-corrected chi connectivity index (χ0v) is 13.9. The van der Waals surface area contributed by atoms with Crippen molar-refractivity contribution in [3.8, 4) is 5.75 Å². The highest BCUT2D eigenvalue weighted by Crippen LogP contribution is 2.30. The van der Waals surface area contributed by atoms with E-state index in [0.717, 1.165) is 49.2 Å². The van der Waals surface area contributed by atoms with Crippen LogP contribution in [0.25, 0.3) is 0 Å². The van der Waals surface area contributed by atoms with Gasteiger partial charge in [-0.25, -0.2) is 0 Å². The van der Waals surface area contributed by atoms with Gasteiger partial charge in [0, 0.05) is 28.9 Å². The number of rotatable bonds is 6. The summed E-state index contributed by atoms with van der Waals surface area (Å²) in [6, 6.07) is 6.61. The molecule has 2 rings (SSSR count). The maximum absolute atomic E-state index is 6.22. The largest absolute Gasteiger partial charge is 0.490 e. The smallest absolute Gasteiger partial charge is 0.125 e. The third-order valence-electron chi connectivity index (χ3n) is 3.60. The average molecular weight is 342 g/mol. The summed E-state index contributed by atoms with van der Waals surface area (Å²) >= 11 is 3.54. The van der Waals surface area contributed by atoms with Gasteiger partial charge in [-0.15, -0.1) is 0 Å². The van der Waals surface area contributed by atoms with Gasteiger partial charge in [0.15, 0.2) is 0 Å². The number of hydrogen-bond acceptors (Lipinski definition) is 3. The molecule has 0 radical (unpaired) electrons. The molecule has 1 aliphatic rings. The number of ether oxygens (including phenoxy) is 2. The zero-order valence-electron chi connectivity index (χ0n) is 12.3. The monoisotopic (exact) mass is 341 g/mol. The van der Waals surface area contributed by atoms with Crippen molar-refractivity contribution in [1.82, 2.24) is 5.32 Å². The van der Waals surface area contributed by atoms with Crippen molar-refractivity contribution in [2.75, 3.05) is 19.8 Å². The summed E-state index contributed by atoms with van der Waals surface area (Å²) in [6.07, 6.45) is 3.36. The molecule has 0 spiro atoms. The number of halogens is 1. The Labute approximate surface area is 130 Å². The van der Waals surface area contributed by atoms with Crippen LogP contribution in [0.15, 0.2) is 22.7 Å². The van der Waals surface area contributed by atoms with Gasteiger partial charge in [-0.2, -0.15) is 0 Å². The van der Waals surface area contributed by atoms with E-state index in [2.05, 4.69) is 53.3 Å². The van der Waals surface area contributed by atoms with Crippen LogP contribution in [0, 0.1) is 0 Å². The molecule has 1 fully saturated rings. The summed E-state index contributed by atoms with van der Waals surface area (Å²) in [5.41, 5.74) is 1.23. The first kappa shape index (κ1) is 15.8. The molecule has 4 heteroatoms. The molecule has 0 amide bonds. The van der Waals surface area contributed by atoms with E-state index in [4.69, 9.17) is 9.47 Å². The fourth-order valence-electron chi connectivity index (χ4n) is 2.41. The molecule has 1 saturated heterocycles. The van der Waals surface area contributed by atoms with Crippen molar-refractivity contribution < 1.29 is 9.47 Å². The third-order valence-corrected chi connectivity index (χ3v) is 4.10. The van der Waals surface area contributed by atoms with E-state index in [1.165, 1.54) is 5.56 Å². The molecule has 0 saturated carbocycles. The molecule has 1 unspecified atom stereocenters. The van der Waals surface area contributed by atoms with Crippen LogP contribution in [0.1, 0.15) is 44.7 Å². The molecule has 3 nitrogen and oxygen atoms in total. The first-order chi connectivity index (χ1) is 9.70. The lowest BCUT2D eigenvalue weighted by atomic mass is 10.1. The third kappa shape index (κ3) is 4.47. The van der Waals surface area contributed by atoms with Crippen LogP contribution in [0.2, 0.25) is 0 Å². The number of nitrogens with one attached hydrogen (secondary N) is 1. The summed E-state index contributed by atoms with van der Waals surface area (Å²) in [6.45, 7) is 7.00. The minimum absolute atomic E-state index is 0.273. The highest BCUT2D eigenvalue weighted by Gasteiger charge is 2.19. The van der Waals surface area contributed by atoms with Crippen LogP contribution < -0.4 is 10.1 Å². The molecule has 20 heavy (non-hydrogen) atoms. The fourth-order valence-corrected chi connectivity index (χ4v) is 2.75. The van der Waals surface area contributed by atoms with Crippen molar-refractivity contribution in [1.29, 1.82) is 0 Å². The Kier molecular flexibility index (Phi) is 6.33. The second-order valence-electron chi connectivity index (χ2n) is 5.29. The minimum Gasteiger partial charge on any atom is -0.490 e.